The topological polar surface area (TPSA) is 117 Å². The molecule has 6 rings (SSSR count). The maximum Gasteiger partial charge on any atom is 0.472 e. The van der Waals surface area contributed by atoms with Gasteiger partial charge in [0.2, 0.25) is 0 Å². The molecule has 2 saturated carbocycles. The van der Waals surface area contributed by atoms with E-state index in [0.717, 1.165) is 36.8 Å². The van der Waals surface area contributed by atoms with Gasteiger partial charge in [0, 0.05) is 23.9 Å². The lowest BCUT2D eigenvalue weighted by Crippen LogP contribution is -2.73. The minimum atomic E-state index is -4.46. The molecule has 9 heteroatoms. The number of nitrogens with two attached hydrogens (primary N) is 1. The number of methoxy groups -OCH3 is 1. The van der Waals surface area contributed by atoms with Gasteiger partial charge in [-0.3, -0.25) is 13.8 Å². The highest BCUT2D eigenvalue weighted by Crippen LogP contribution is 2.71. The van der Waals surface area contributed by atoms with Crippen LogP contribution in [0, 0.1) is 5.92 Å². The van der Waals surface area contributed by atoms with Crippen LogP contribution in [0.1, 0.15) is 68.1 Å². The van der Waals surface area contributed by atoms with Gasteiger partial charge >= 0.3 is 7.82 Å². The SMILES string of the molecule is COc1ccc2c3c1OC1C(=O)CCC4(OP(=O)(O)OCCCCCCc5ccccc5)C(C2)C(N)CCC314. The minimum Gasteiger partial charge on any atom is -0.493 e. The number of aryl methyl sites for hydroxylation is 1. The Bertz CT molecular complexity index is 1290. The van der Waals surface area contributed by atoms with Crippen LogP contribution in [0.25, 0.3) is 0 Å². The van der Waals surface area contributed by atoms with Gasteiger partial charge in [0.05, 0.1) is 24.7 Å². The number of rotatable bonds is 11. The number of unbranched alkanes of at least 4 members (excludes halogenated alkanes) is 3. The Morgan fingerprint density at radius 2 is 1.90 bits per heavy atom. The predicted molar refractivity (Wildman–Crippen MR) is 146 cm³/mol. The standard InChI is InChI=1S/C30H38NO7P/c1-35-25-13-12-21-19-22-23(31)14-16-29-26(21)27(25)37-28(29)24(32)15-17-30(22,29)38-39(33,34)36-18-8-3-2-5-9-20-10-6-4-7-11-20/h4,6-7,10-13,22-23,28H,2-3,5,8-9,14-19,31H2,1H3,(H,33,34). The number of Topliss-reactive ketones (excluding diaryl/α,β-unsaturated/α-hetero) is 1. The summed E-state index contributed by atoms with van der Waals surface area (Å²) >= 11 is 0. The van der Waals surface area contributed by atoms with Crippen LogP contribution in [-0.4, -0.2) is 42.1 Å². The van der Waals surface area contributed by atoms with E-state index < -0.39 is 24.9 Å². The van der Waals surface area contributed by atoms with E-state index >= 15 is 0 Å². The lowest BCUT2D eigenvalue weighted by atomic mass is 9.45. The van der Waals surface area contributed by atoms with E-state index in [1.165, 1.54) is 5.56 Å². The monoisotopic (exact) mass is 555 g/mol. The van der Waals surface area contributed by atoms with Crippen LogP contribution in [-0.2, 0) is 36.7 Å². The zero-order valence-corrected chi connectivity index (χ0v) is 23.4. The molecule has 6 atom stereocenters. The molecule has 6 unspecified atom stereocenters. The van der Waals surface area contributed by atoms with Crippen molar-refractivity contribution in [2.45, 2.75) is 87.4 Å². The average Bonchev–Trinajstić information content (AvgIpc) is 3.28. The fourth-order valence-corrected chi connectivity index (χ4v) is 9.06. The normalized spacial score (nSPS) is 31.8. The maximum atomic E-state index is 13.5. The van der Waals surface area contributed by atoms with Crippen LogP contribution < -0.4 is 15.2 Å². The molecule has 4 aliphatic rings. The highest BCUT2D eigenvalue weighted by molar-refractivity contribution is 7.47. The molecule has 0 aromatic heterocycles. The average molecular weight is 556 g/mol. The Balaban J connectivity index is 1.19. The van der Waals surface area contributed by atoms with Gasteiger partial charge in [-0.15, -0.1) is 0 Å². The fourth-order valence-electron chi connectivity index (χ4n) is 7.84. The van der Waals surface area contributed by atoms with Gasteiger partial charge in [-0.05, 0) is 62.1 Å². The van der Waals surface area contributed by atoms with Crippen molar-refractivity contribution in [3.05, 3.63) is 59.2 Å². The summed E-state index contributed by atoms with van der Waals surface area (Å²) in [4.78, 5) is 24.3. The largest absolute Gasteiger partial charge is 0.493 e. The van der Waals surface area contributed by atoms with Crippen LogP contribution in [0.4, 0.5) is 0 Å². The molecular weight excluding hydrogens is 517 g/mol. The summed E-state index contributed by atoms with van der Waals surface area (Å²) in [6, 6.07) is 14.0. The molecule has 1 spiro atoms. The van der Waals surface area contributed by atoms with Crippen molar-refractivity contribution < 1.29 is 32.8 Å². The van der Waals surface area contributed by atoms with Crippen LogP contribution in [0.5, 0.6) is 11.5 Å². The number of carbonyl (C=O) groups excluding carboxylic acids is 1. The molecular formula is C30H38NO7P. The summed E-state index contributed by atoms with van der Waals surface area (Å²) in [7, 11) is -2.88. The molecule has 0 saturated heterocycles. The zero-order valence-electron chi connectivity index (χ0n) is 22.5. The predicted octanol–water partition coefficient (Wildman–Crippen LogP) is 5.03. The third kappa shape index (κ3) is 4.36. The van der Waals surface area contributed by atoms with Crippen LogP contribution >= 0.6 is 7.82 Å². The van der Waals surface area contributed by atoms with E-state index in [2.05, 4.69) is 12.1 Å². The molecule has 2 fully saturated rings. The Labute approximate surface area is 229 Å². The molecule has 3 N–H and O–H groups in total. The Kier molecular flexibility index (Phi) is 7.13. The highest BCUT2D eigenvalue weighted by atomic mass is 31.2. The number of ketones is 1. The number of hydrogen-bond acceptors (Lipinski definition) is 7. The van der Waals surface area contributed by atoms with Gasteiger partial charge in [-0.25, -0.2) is 4.57 Å². The fraction of sp³-hybridized carbons (Fsp3) is 0.567. The van der Waals surface area contributed by atoms with Gasteiger partial charge in [-0.2, -0.15) is 0 Å². The molecule has 2 aromatic carbocycles. The third-order valence-corrected chi connectivity index (χ3v) is 10.6. The van der Waals surface area contributed by atoms with Gasteiger partial charge < -0.3 is 20.1 Å². The number of ether oxygens (including phenoxy) is 2. The minimum absolute atomic E-state index is 0.0151. The van der Waals surface area contributed by atoms with Crippen LogP contribution in [0.3, 0.4) is 0 Å². The number of phosphoric acid groups is 1. The van der Waals surface area contributed by atoms with Crippen molar-refractivity contribution in [2.75, 3.05) is 13.7 Å². The summed E-state index contributed by atoms with van der Waals surface area (Å²) in [5.41, 5.74) is 7.91. The number of benzene rings is 2. The van der Waals surface area contributed by atoms with Crippen molar-refractivity contribution in [1.82, 2.24) is 0 Å². The van der Waals surface area contributed by atoms with E-state index in [4.69, 9.17) is 24.3 Å². The first-order valence-corrected chi connectivity index (χ1v) is 15.7. The zero-order chi connectivity index (χ0) is 27.3. The molecule has 39 heavy (non-hydrogen) atoms. The third-order valence-electron chi connectivity index (χ3n) is 9.51. The van der Waals surface area contributed by atoms with Crippen molar-refractivity contribution in [3.63, 3.8) is 0 Å². The van der Waals surface area contributed by atoms with Crippen molar-refractivity contribution >= 4 is 13.6 Å². The van der Waals surface area contributed by atoms with E-state index in [1.54, 1.807) is 7.11 Å². The van der Waals surface area contributed by atoms with Crippen molar-refractivity contribution in [2.24, 2.45) is 11.7 Å². The Hall–Kier alpha value is -2.22. The molecule has 210 valence electrons. The molecule has 2 bridgehead atoms. The lowest BCUT2D eigenvalue weighted by molar-refractivity contribution is -0.175. The highest BCUT2D eigenvalue weighted by Gasteiger charge is 2.75. The second-order valence-electron chi connectivity index (χ2n) is 11.5. The lowest BCUT2D eigenvalue weighted by Gasteiger charge is -2.62. The summed E-state index contributed by atoms with van der Waals surface area (Å²) in [6.07, 6.45) is 6.17. The van der Waals surface area contributed by atoms with Crippen LogP contribution in [0.2, 0.25) is 0 Å². The Morgan fingerprint density at radius 3 is 2.69 bits per heavy atom. The molecule has 2 aromatic rings. The van der Waals surface area contributed by atoms with Crippen molar-refractivity contribution in [3.8, 4) is 11.5 Å². The number of hydrogen-bond donors (Lipinski definition) is 2. The number of phosphoric ester groups is 1. The van der Waals surface area contributed by atoms with Gasteiger partial charge in [0.25, 0.3) is 0 Å². The molecule has 0 amide bonds. The summed E-state index contributed by atoms with van der Waals surface area (Å²) in [5, 5.41) is 0. The number of carbonyl (C=O) groups is 1. The first kappa shape index (κ1) is 27.0. The summed E-state index contributed by atoms with van der Waals surface area (Å²) in [6.45, 7) is 0.132. The second-order valence-corrected chi connectivity index (χ2v) is 12.9. The molecule has 3 aliphatic carbocycles. The first-order valence-electron chi connectivity index (χ1n) is 14.2. The second kappa shape index (κ2) is 10.3. The van der Waals surface area contributed by atoms with Gasteiger partial charge in [0.1, 0.15) is 0 Å². The van der Waals surface area contributed by atoms with Crippen LogP contribution in [0.15, 0.2) is 42.5 Å². The quantitative estimate of drug-likeness (QED) is 0.293. The molecule has 0 radical (unpaired) electrons. The molecule has 1 heterocycles. The van der Waals surface area contributed by atoms with E-state index in [9.17, 15) is 14.3 Å². The molecule has 1 aliphatic heterocycles. The van der Waals surface area contributed by atoms with Gasteiger partial charge in [0.15, 0.2) is 23.4 Å². The summed E-state index contributed by atoms with van der Waals surface area (Å²) < 4.78 is 37.3. The van der Waals surface area contributed by atoms with E-state index in [-0.39, 0.29) is 30.8 Å². The van der Waals surface area contributed by atoms with E-state index in [0.29, 0.717) is 43.6 Å². The first-order chi connectivity index (χ1) is 18.8. The smallest absolute Gasteiger partial charge is 0.472 e. The van der Waals surface area contributed by atoms with Gasteiger partial charge in [-0.1, -0.05) is 49.2 Å². The summed E-state index contributed by atoms with van der Waals surface area (Å²) in [5.74, 6) is 0.864. The molecule has 8 nitrogen and oxygen atoms in total. The Morgan fingerprint density at radius 1 is 1.10 bits per heavy atom. The maximum absolute atomic E-state index is 13.5. The van der Waals surface area contributed by atoms with E-state index in [1.807, 2.05) is 30.3 Å². The van der Waals surface area contributed by atoms with Crippen molar-refractivity contribution in [1.29, 1.82) is 0 Å².